The van der Waals surface area contributed by atoms with Gasteiger partial charge in [0.2, 0.25) is 0 Å². The standard InChI is InChI=1S/C72H80N2O5/c1-5-9-13-17-49-77-65-40-32-61(33-41-65)73(60-30-38-64(39-31-60)76-48-16-12-8-4)58-26-20-54(21-27-58)56-24-46-68-69-47-25-57(53-71(69)72(75)70(68)52-56)55-22-28-59(29-23-55)74(62-34-42-66(43-35-62)78-50-18-14-10-6-2)63-36-44-67(45-37-63)79-51-19-15-11-7-3/h20-47,52-53H,5-19,48-51H2,1-4H3. The summed E-state index contributed by atoms with van der Waals surface area (Å²) in [7, 11) is 0. The molecule has 7 heteroatoms. The Morgan fingerprint density at radius 1 is 0.266 bits per heavy atom. The van der Waals surface area contributed by atoms with E-state index in [0.717, 1.165) is 160 Å². The highest BCUT2D eigenvalue weighted by Crippen LogP contribution is 2.43. The zero-order chi connectivity index (χ0) is 54.6. The van der Waals surface area contributed by atoms with Gasteiger partial charge in [-0.2, -0.15) is 0 Å². The van der Waals surface area contributed by atoms with Crippen molar-refractivity contribution in [3.63, 3.8) is 0 Å². The Morgan fingerprint density at radius 3 is 0.785 bits per heavy atom. The highest BCUT2D eigenvalue weighted by Gasteiger charge is 2.28. The maximum atomic E-state index is 14.4. The predicted octanol–water partition coefficient (Wildman–Crippen LogP) is 20.6. The summed E-state index contributed by atoms with van der Waals surface area (Å²) in [5.74, 6) is 3.55. The molecule has 0 unspecified atom stereocenters. The van der Waals surface area contributed by atoms with E-state index in [4.69, 9.17) is 18.9 Å². The monoisotopic (exact) mass is 1050 g/mol. The molecular weight excluding hydrogens is 973 g/mol. The van der Waals surface area contributed by atoms with Crippen molar-refractivity contribution in [2.45, 2.75) is 124 Å². The lowest BCUT2D eigenvalue weighted by Gasteiger charge is -2.26. The summed E-state index contributed by atoms with van der Waals surface area (Å²) in [6.45, 7) is 11.8. The molecule has 8 aromatic rings. The quantitative estimate of drug-likeness (QED) is 0.0401. The highest BCUT2D eigenvalue weighted by atomic mass is 16.5. The number of benzene rings is 8. The first-order valence-corrected chi connectivity index (χ1v) is 29.5. The third kappa shape index (κ3) is 14.7. The molecule has 0 aliphatic heterocycles. The molecule has 1 aliphatic rings. The first-order valence-electron chi connectivity index (χ1n) is 29.5. The van der Waals surface area contributed by atoms with E-state index in [2.05, 4.69) is 219 Å². The Hall–Kier alpha value is -7.77. The zero-order valence-electron chi connectivity index (χ0n) is 47.2. The summed E-state index contributed by atoms with van der Waals surface area (Å²) >= 11 is 0. The van der Waals surface area contributed by atoms with Gasteiger partial charge in [0.1, 0.15) is 23.0 Å². The second-order valence-electron chi connectivity index (χ2n) is 20.9. The summed E-state index contributed by atoms with van der Waals surface area (Å²) in [5, 5.41) is 0. The van der Waals surface area contributed by atoms with Crippen LogP contribution in [0.4, 0.5) is 34.1 Å². The van der Waals surface area contributed by atoms with Crippen LogP contribution in [0.1, 0.15) is 140 Å². The summed E-state index contributed by atoms with van der Waals surface area (Å²) in [6, 6.07) is 63.4. The lowest BCUT2D eigenvalue weighted by molar-refractivity contribution is 0.104. The average molecular weight is 1050 g/mol. The van der Waals surface area contributed by atoms with Crippen LogP contribution in [0.3, 0.4) is 0 Å². The smallest absolute Gasteiger partial charge is 0.194 e. The third-order valence-electron chi connectivity index (χ3n) is 14.9. The molecule has 0 fully saturated rings. The normalized spacial score (nSPS) is 11.5. The SMILES string of the molecule is CCCCCCOc1ccc(N(c2ccc(OCCCCC)cc2)c2ccc(-c3ccc4c(c3)C(=O)c3cc(-c5ccc(N(c6ccc(OCCCCCC)cc6)c6ccc(OCCCCCC)cc6)cc5)ccc3-4)cc2)cc1. The number of unbranched alkanes of at least 4 members (excludes halogenated alkanes) is 11. The molecule has 0 radical (unpaired) electrons. The molecule has 0 atom stereocenters. The molecule has 8 aromatic carbocycles. The number of fused-ring (bicyclic) bond motifs is 3. The third-order valence-corrected chi connectivity index (χ3v) is 14.9. The van der Waals surface area contributed by atoms with Crippen LogP contribution < -0.4 is 28.7 Å². The molecule has 7 nitrogen and oxygen atoms in total. The largest absolute Gasteiger partial charge is 0.494 e. The van der Waals surface area contributed by atoms with Gasteiger partial charge in [-0.15, -0.1) is 0 Å². The number of hydrogen-bond acceptors (Lipinski definition) is 7. The fraction of sp³-hybridized carbons (Fsp3) is 0.319. The second kappa shape index (κ2) is 28.7. The van der Waals surface area contributed by atoms with E-state index in [1.807, 2.05) is 0 Å². The van der Waals surface area contributed by atoms with Crippen LogP contribution in [0, 0.1) is 0 Å². The molecule has 0 saturated heterocycles. The predicted molar refractivity (Wildman–Crippen MR) is 329 cm³/mol. The van der Waals surface area contributed by atoms with E-state index < -0.39 is 0 Å². The minimum absolute atomic E-state index is 0.0484. The molecule has 0 amide bonds. The zero-order valence-corrected chi connectivity index (χ0v) is 47.2. The summed E-state index contributed by atoms with van der Waals surface area (Å²) in [4.78, 5) is 18.9. The number of nitrogens with zero attached hydrogens (tertiary/aromatic N) is 2. The van der Waals surface area contributed by atoms with Gasteiger partial charge in [0.25, 0.3) is 0 Å². The minimum Gasteiger partial charge on any atom is -0.494 e. The molecule has 0 saturated carbocycles. The average Bonchev–Trinajstić information content (AvgIpc) is 3.97. The van der Waals surface area contributed by atoms with Crippen molar-refractivity contribution < 1.29 is 23.7 Å². The first kappa shape index (κ1) is 56.0. The molecule has 408 valence electrons. The van der Waals surface area contributed by atoms with Gasteiger partial charge in [0, 0.05) is 45.3 Å². The Labute approximate surface area is 471 Å². The van der Waals surface area contributed by atoms with Crippen molar-refractivity contribution in [1.82, 2.24) is 0 Å². The van der Waals surface area contributed by atoms with Gasteiger partial charge < -0.3 is 28.7 Å². The molecule has 1 aliphatic carbocycles. The van der Waals surface area contributed by atoms with Crippen LogP contribution in [0.5, 0.6) is 23.0 Å². The minimum atomic E-state index is 0.0484. The van der Waals surface area contributed by atoms with Crippen molar-refractivity contribution in [3.05, 3.63) is 193 Å². The van der Waals surface area contributed by atoms with Crippen molar-refractivity contribution in [2.24, 2.45) is 0 Å². The van der Waals surface area contributed by atoms with E-state index in [0.29, 0.717) is 6.61 Å². The molecule has 0 spiro atoms. The number of carbonyl (C=O) groups is 1. The molecule has 0 aromatic heterocycles. The van der Waals surface area contributed by atoms with Gasteiger partial charge in [-0.1, -0.05) is 147 Å². The molecule has 0 heterocycles. The maximum Gasteiger partial charge on any atom is 0.194 e. The Bertz CT molecular complexity index is 3070. The van der Waals surface area contributed by atoms with E-state index in [1.165, 1.54) is 57.8 Å². The Kier molecular flexibility index (Phi) is 20.4. The van der Waals surface area contributed by atoms with Crippen molar-refractivity contribution in [2.75, 3.05) is 36.2 Å². The van der Waals surface area contributed by atoms with Crippen LogP contribution in [0.15, 0.2) is 182 Å². The Balaban J connectivity index is 0.915. The molecule has 79 heavy (non-hydrogen) atoms. The second-order valence-corrected chi connectivity index (χ2v) is 20.9. The van der Waals surface area contributed by atoms with Gasteiger partial charge in [-0.05, 0) is 193 Å². The molecule has 0 N–H and O–H groups in total. The number of ketones is 1. The maximum absolute atomic E-state index is 14.4. The van der Waals surface area contributed by atoms with E-state index in [1.54, 1.807) is 0 Å². The Morgan fingerprint density at radius 2 is 0.506 bits per heavy atom. The topological polar surface area (TPSA) is 60.5 Å². The summed E-state index contributed by atoms with van der Waals surface area (Å²) in [6.07, 6.45) is 17.4. The van der Waals surface area contributed by atoms with Crippen LogP contribution in [0.25, 0.3) is 33.4 Å². The van der Waals surface area contributed by atoms with Gasteiger partial charge in [0.15, 0.2) is 5.78 Å². The van der Waals surface area contributed by atoms with E-state index >= 15 is 0 Å². The van der Waals surface area contributed by atoms with Gasteiger partial charge in [-0.25, -0.2) is 0 Å². The number of carbonyl (C=O) groups excluding carboxylic acids is 1. The molecular formula is C72H80N2O5. The highest BCUT2D eigenvalue weighted by molar-refractivity contribution is 6.22. The summed E-state index contributed by atoms with van der Waals surface area (Å²) in [5.41, 5.74) is 13.6. The number of ether oxygens (including phenoxy) is 4. The van der Waals surface area contributed by atoms with Gasteiger partial charge in [0.05, 0.1) is 26.4 Å². The van der Waals surface area contributed by atoms with Crippen LogP contribution >= 0.6 is 0 Å². The van der Waals surface area contributed by atoms with Crippen molar-refractivity contribution in [1.29, 1.82) is 0 Å². The fourth-order valence-corrected chi connectivity index (χ4v) is 10.4. The van der Waals surface area contributed by atoms with E-state index in [9.17, 15) is 4.79 Å². The molecule has 9 rings (SSSR count). The van der Waals surface area contributed by atoms with Crippen molar-refractivity contribution >= 4 is 39.9 Å². The lowest BCUT2D eigenvalue weighted by atomic mass is 9.98. The number of anilines is 6. The van der Waals surface area contributed by atoms with Crippen LogP contribution in [-0.4, -0.2) is 32.2 Å². The van der Waals surface area contributed by atoms with Crippen LogP contribution in [0.2, 0.25) is 0 Å². The van der Waals surface area contributed by atoms with Crippen molar-refractivity contribution in [3.8, 4) is 56.4 Å². The van der Waals surface area contributed by atoms with Gasteiger partial charge >= 0.3 is 0 Å². The summed E-state index contributed by atoms with van der Waals surface area (Å²) < 4.78 is 24.5. The van der Waals surface area contributed by atoms with Gasteiger partial charge in [-0.3, -0.25) is 4.79 Å². The first-order chi connectivity index (χ1) is 38.9. The fourth-order valence-electron chi connectivity index (χ4n) is 10.4. The number of rotatable bonds is 31. The molecule has 0 bridgehead atoms. The van der Waals surface area contributed by atoms with Crippen LogP contribution in [-0.2, 0) is 0 Å². The van der Waals surface area contributed by atoms with E-state index in [-0.39, 0.29) is 5.78 Å². The number of hydrogen-bond donors (Lipinski definition) is 0. The lowest BCUT2D eigenvalue weighted by Crippen LogP contribution is -2.10.